The minimum absolute atomic E-state index is 0.431. The van der Waals surface area contributed by atoms with E-state index in [0.717, 1.165) is 0 Å². The minimum Gasteiger partial charge on any atom is -0.365 e. The van der Waals surface area contributed by atoms with E-state index in [2.05, 4.69) is 9.72 Å². The van der Waals surface area contributed by atoms with E-state index in [0.29, 0.717) is 6.07 Å². The van der Waals surface area contributed by atoms with Crippen molar-refractivity contribution < 1.29 is 31.2 Å². The number of nitrogens with zero attached hydrogens (tertiary/aromatic N) is 2. The number of hydrogen-bond acceptors (Lipinski definition) is 6. The van der Waals surface area contributed by atoms with Crippen LogP contribution >= 0.6 is 22.3 Å². The molecule has 0 spiro atoms. The fraction of sp³-hybridized carbons (Fsp3) is 0.167. The highest BCUT2D eigenvalue weighted by atomic mass is 35.7. The maximum absolute atomic E-state index is 12.1. The normalized spacial score (nSPS) is 12.3. The van der Waals surface area contributed by atoms with Crippen molar-refractivity contribution in [3.05, 3.63) is 21.2 Å². The average Bonchev–Trinajstić information content (AvgIpc) is 2.10. The maximum atomic E-state index is 12.1. The monoisotopic (exact) mass is 340 g/mol. The standard InChI is InChI=1S/C6HCl2F3N2O5S/c7-2-1-3(13(14)15)12-5(18-6(9,10)11)4(2)19(8,16)17/h1H. The van der Waals surface area contributed by atoms with Crippen LogP contribution in [0.1, 0.15) is 0 Å². The quantitative estimate of drug-likeness (QED) is 0.476. The molecule has 0 atom stereocenters. The van der Waals surface area contributed by atoms with Crippen LogP contribution in [-0.2, 0) is 9.05 Å². The van der Waals surface area contributed by atoms with Gasteiger partial charge in [0.1, 0.15) is 0 Å². The van der Waals surface area contributed by atoms with Gasteiger partial charge in [-0.15, -0.1) is 13.2 Å². The summed E-state index contributed by atoms with van der Waals surface area (Å²) < 4.78 is 61.6. The molecule has 1 rings (SSSR count). The first-order valence-electron chi connectivity index (χ1n) is 3.97. The van der Waals surface area contributed by atoms with E-state index in [4.69, 9.17) is 22.3 Å². The highest BCUT2D eigenvalue weighted by Gasteiger charge is 2.39. The molecule has 0 saturated heterocycles. The number of pyridine rings is 1. The van der Waals surface area contributed by atoms with Gasteiger partial charge in [0.2, 0.25) is 0 Å². The van der Waals surface area contributed by atoms with Crippen LogP contribution in [0.2, 0.25) is 5.02 Å². The number of halogens is 5. The van der Waals surface area contributed by atoms with Gasteiger partial charge in [0, 0.05) is 15.7 Å². The molecule has 0 unspecified atom stereocenters. The van der Waals surface area contributed by atoms with Crippen LogP contribution in [0.15, 0.2) is 11.0 Å². The van der Waals surface area contributed by atoms with E-state index in [1.165, 1.54) is 0 Å². The largest absolute Gasteiger partial charge is 0.575 e. The Labute approximate surface area is 112 Å². The molecule has 0 N–H and O–H groups in total. The van der Waals surface area contributed by atoms with Crippen molar-refractivity contribution in [2.45, 2.75) is 11.3 Å². The van der Waals surface area contributed by atoms with Crippen molar-refractivity contribution in [2.24, 2.45) is 0 Å². The van der Waals surface area contributed by atoms with E-state index >= 15 is 0 Å². The Morgan fingerprint density at radius 2 is 1.95 bits per heavy atom. The van der Waals surface area contributed by atoms with Gasteiger partial charge in [-0.2, -0.15) is 0 Å². The van der Waals surface area contributed by atoms with Crippen molar-refractivity contribution in [3.63, 3.8) is 0 Å². The molecule has 0 bridgehead atoms. The molecule has 1 aromatic heterocycles. The highest BCUT2D eigenvalue weighted by Crippen LogP contribution is 2.37. The van der Waals surface area contributed by atoms with Gasteiger partial charge in [-0.05, 0) is 4.92 Å². The van der Waals surface area contributed by atoms with Crippen molar-refractivity contribution in [3.8, 4) is 5.88 Å². The molecule has 0 aliphatic rings. The fourth-order valence-corrected chi connectivity index (χ4v) is 2.60. The summed E-state index contributed by atoms with van der Waals surface area (Å²) in [6, 6.07) is 0.431. The molecule has 0 fully saturated rings. The molecule has 19 heavy (non-hydrogen) atoms. The highest BCUT2D eigenvalue weighted by molar-refractivity contribution is 8.13. The predicted molar refractivity (Wildman–Crippen MR) is 55.6 cm³/mol. The third-order valence-electron chi connectivity index (χ3n) is 1.53. The molecular weight excluding hydrogens is 340 g/mol. The Bertz CT molecular complexity index is 632. The lowest BCUT2D eigenvalue weighted by molar-refractivity contribution is -0.390. The SMILES string of the molecule is O=[N+]([O-])c1cc(Cl)c(S(=O)(=O)Cl)c(OC(F)(F)F)n1. The summed E-state index contributed by atoms with van der Waals surface area (Å²) >= 11 is 5.34. The fourth-order valence-electron chi connectivity index (χ4n) is 0.961. The molecule has 0 amide bonds. The van der Waals surface area contributed by atoms with Crippen LogP contribution in [-0.4, -0.2) is 24.7 Å². The number of nitro groups is 1. The first kappa shape index (κ1) is 15.7. The molecule has 0 aliphatic carbocycles. The number of aromatic nitrogens is 1. The van der Waals surface area contributed by atoms with Gasteiger partial charge in [-0.1, -0.05) is 11.6 Å². The van der Waals surface area contributed by atoms with E-state index in [1.807, 2.05) is 0 Å². The zero-order valence-electron chi connectivity index (χ0n) is 8.31. The summed E-state index contributed by atoms with van der Waals surface area (Å²) in [6.45, 7) is 0. The van der Waals surface area contributed by atoms with Crippen molar-refractivity contribution in [2.75, 3.05) is 0 Å². The maximum Gasteiger partial charge on any atom is 0.575 e. The van der Waals surface area contributed by atoms with Gasteiger partial charge >= 0.3 is 18.1 Å². The Balaban J connectivity index is 3.59. The Hall–Kier alpha value is -1.33. The second kappa shape index (κ2) is 4.98. The molecule has 0 saturated carbocycles. The Morgan fingerprint density at radius 1 is 1.42 bits per heavy atom. The van der Waals surface area contributed by atoms with Gasteiger partial charge in [-0.25, -0.2) is 8.42 Å². The first-order valence-corrected chi connectivity index (χ1v) is 6.66. The number of hydrogen-bond donors (Lipinski definition) is 0. The molecule has 7 nitrogen and oxygen atoms in total. The Morgan fingerprint density at radius 3 is 2.32 bits per heavy atom. The molecule has 106 valence electrons. The van der Waals surface area contributed by atoms with Gasteiger partial charge in [-0.3, -0.25) is 0 Å². The van der Waals surface area contributed by atoms with Gasteiger partial charge in [0.25, 0.3) is 9.05 Å². The molecule has 1 aromatic rings. The molecule has 13 heteroatoms. The van der Waals surface area contributed by atoms with Crippen molar-refractivity contribution >= 4 is 37.2 Å². The van der Waals surface area contributed by atoms with Crippen LogP contribution in [0.3, 0.4) is 0 Å². The first-order chi connectivity index (χ1) is 8.42. The topological polar surface area (TPSA) is 99.4 Å². The van der Waals surface area contributed by atoms with Crippen LogP contribution < -0.4 is 4.74 Å². The lowest BCUT2D eigenvalue weighted by atomic mass is 10.4. The summed E-state index contributed by atoms with van der Waals surface area (Å²) in [7, 11) is 0.112. The van der Waals surface area contributed by atoms with E-state index in [1.54, 1.807) is 0 Å². The van der Waals surface area contributed by atoms with Crippen molar-refractivity contribution in [1.82, 2.24) is 4.98 Å². The van der Waals surface area contributed by atoms with Crippen LogP contribution in [0, 0.1) is 10.1 Å². The Kier molecular flexibility index (Phi) is 4.12. The summed E-state index contributed by atoms with van der Waals surface area (Å²) in [5.74, 6) is -2.75. The van der Waals surface area contributed by atoms with Gasteiger partial charge in [0.05, 0.1) is 11.1 Å². The van der Waals surface area contributed by atoms with Crippen LogP contribution in [0.5, 0.6) is 5.88 Å². The van der Waals surface area contributed by atoms with Crippen LogP contribution in [0.4, 0.5) is 19.0 Å². The zero-order valence-corrected chi connectivity index (χ0v) is 10.6. The molecule has 0 aromatic carbocycles. The molecule has 0 aliphatic heterocycles. The van der Waals surface area contributed by atoms with E-state index in [9.17, 15) is 31.7 Å². The summed E-state index contributed by atoms with van der Waals surface area (Å²) in [5.41, 5.74) is 0. The van der Waals surface area contributed by atoms with Crippen LogP contribution in [0.25, 0.3) is 0 Å². The number of ether oxygens (including phenoxy) is 1. The van der Waals surface area contributed by atoms with E-state index < -0.39 is 42.0 Å². The average molecular weight is 341 g/mol. The third kappa shape index (κ3) is 4.08. The van der Waals surface area contributed by atoms with Crippen molar-refractivity contribution in [1.29, 1.82) is 0 Å². The third-order valence-corrected chi connectivity index (χ3v) is 3.28. The molecular formula is C6HCl2F3N2O5S. The second-order valence-corrected chi connectivity index (χ2v) is 5.75. The molecule has 0 radical (unpaired) electrons. The molecule has 1 heterocycles. The van der Waals surface area contributed by atoms with Gasteiger partial charge < -0.3 is 14.9 Å². The van der Waals surface area contributed by atoms with E-state index in [-0.39, 0.29) is 0 Å². The lowest BCUT2D eigenvalue weighted by Crippen LogP contribution is -2.20. The summed E-state index contributed by atoms with van der Waals surface area (Å²) in [6.07, 6.45) is -5.33. The zero-order chi connectivity index (χ0) is 15.0. The number of alkyl halides is 3. The number of rotatable bonds is 3. The predicted octanol–water partition coefficient (Wildman–Crippen LogP) is 2.47. The smallest absolute Gasteiger partial charge is 0.365 e. The second-order valence-electron chi connectivity index (χ2n) is 2.84. The minimum atomic E-state index is -5.33. The van der Waals surface area contributed by atoms with Gasteiger partial charge in [0.15, 0.2) is 4.90 Å². The summed E-state index contributed by atoms with van der Waals surface area (Å²) in [4.78, 5) is 10.7. The summed E-state index contributed by atoms with van der Waals surface area (Å²) in [5, 5.41) is 9.48. The lowest BCUT2D eigenvalue weighted by Gasteiger charge is -2.08.